The lowest BCUT2D eigenvalue weighted by Gasteiger charge is -2.37. The Morgan fingerprint density at radius 2 is 1.77 bits per heavy atom. The molecular weight excluding hydrogens is 588 g/mol. The Morgan fingerprint density at radius 3 is 2.34 bits per heavy atom. The van der Waals surface area contributed by atoms with Crippen molar-refractivity contribution in [3.05, 3.63) is 36.0 Å². The first-order chi connectivity index (χ1) is 20.6. The van der Waals surface area contributed by atoms with Crippen molar-refractivity contribution in [2.45, 2.75) is 110 Å². The summed E-state index contributed by atoms with van der Waals surface area (Å²) in [6, 6.07) is 0.386. The highest BCUT2D eigenvalue weighted by atomic mass is 35.5. The summed E-state index contributed by atoms with van der Waals surface area (Å²) in [5, 5.41) is 6.16. The molecule has 1 saturated carbocycles. The van der Waals surface area contributed by atoms with E-state index in [2.05, 4.69) is 22.2 Å². The number of amides is 3. The van der Waals surface area contributed by atoms with E-state index >= 15 is 0 Å². The largest absolute Gasteiger partial charge is 0.472 e. The number of ether oxygens (including phenoxy) is 3. The van der Waals surface area contributed by atoms with E-state index in [9.17, 15) is 19.2 Å². The lowest BCUT2D eigenvalue weighted by molar-refractivity contribution is -0.154. The zero-order chi connectivity index (χ0) is 32.7. The number of aromatic nitrogens is 1. The second-order valence-corrected chi connectivity index (χ2v) is 14.0. The van der Waals surface area contributed by atoms with Crippen molar-refractivity contribution in [2.75, 3.05) is 13.2 Å². The molecule has 0 spiro atoms. The number of nitrogens with zero attached hydrogens (tertiary/aromatic N) is 2. The van der Waals surface area contributed by atoms with Gasteiger partial charge in [0, 0.05) is 18.7 Å². The Morgan fingerprint density at radius 1 is 1.09 bits per heavy atom. The van der Waals surface area contributed by atoms with Crippen LogP contribution in [0.5, 0.6) is 5.88 Å². The molecule has 0 aromatic carbocycles. The Balaban J connectivity index is 1.85. The van der Waals surface area contributed by atoms with Crippen LogP contribution in [0.2, 0.25) is 5.02 Å². The fourth-order valence-electron chi connectivity index (χ4n) is 5.54. The van der Waals surface area contributed by atoms with Crippen LogP contribution in [0, 0.1) is 11.3 Å². The molecule has 3 amide bonds. The van der Waals surface area contributed by atoms with Gasteiger partial charge >= 0.3 is 12.1 Å². The van der Waals surface area contributed by atoms with E-state index in [0.717, 1.165) is 32.1 Å². The van der Waals surface area contributed by atoms with Gasteiger partial charge in [0.05, 0.1) is 11.6 Å². The van der Waals surface area contributed by atoms with E-state index < -0.39 is 59.1 Å². The standard InChI is InChI=1S/C32H47ClN4O7/c1-8-16-42-29(40)23-17-22(43-24-15-14-21(33)18-34-24)19-37(23)28(39)26(31(2,3)4)36-27(38)25(20-12-10-9-11-13-20)35-30(41)44-32(5,6)7/h8,14-15,18,20,22-23,25-26H,1,9-13,16-17,19H2,2-7H3,(H,35,41)(H,36,38)/t22-,23+,25+,26-/m1/s1. The molecule has 3 rings (SSSR count). The molecule has 1 saturated heterocycles. The third kappa shape index (κ3) is 10.1. The van der Waals surface area contributed by atoms with Gasteiger partial charge in [-0.25, -0.2) is 14.6 Å². The van der Waals surface area contributed by atoms with Gasteiger partial charge in [0.25, 0.3) is 0 Å². The molecule has 244 valence electrons. The zero-order valence-electron chi connectivity index (χ0n) is 26.7. The zero-order valence-corrected chi connectivity index (χ0v) is 27.4. The molecule has 1 aromatic rings. The number of alkyl carbamates (subject to hydrolysis) is 1. The molecule has 2 N–H and O–H groups in total. The molecule has 1 aromatic heterocycles. The highest BCUT2D eigenvalue weighted by Crippen LogP contribution is 2.30. The van der Waals surface area contributed by atoms with Gasteiger partial charge in [0.15, 0.2) is 0 Å². The number of hydrogen-bond acceptors (Lipinski definition) is 8. The van der Waals surface area contributed by atoms with Crippen LogP contribution < -0.4 is 15.4 Å². The summed E-state index contributed by atoms with van der Waals surface area (Å²) in [6.07, 6.45) is 6.30. The van der Waals surface area contributed by atoms with Crippen molar-refractivity contribution >= 4 is 35.5 Å². The van der Waals surface area contributed by atoms with Gasteiger partial charge in [0.2, 0.25) is 17.7 Å². The summed E-state index contributed by atoms with van der Waals surface area (Å²) >= 11 is 5.95. The molecule has 0 bridgehead atoms. The SMILES string of the molecule is C=CCOC(=O)[C@@H]1C[C@@H](Oc2ccc(Cl)cn2)CN1C(=O)[C@@H](NC(=O)[C@@H](NC(=O)OC(C)(C)C)C1CCCCC1)C(C)(C)C. The molecule has 2 fully saturated rings. The molecule has 0 radical (unpaired) electrons. The number of carbonyl (C=O) groups excluding carboxylic acids is 4. The van der Waals surface area contributed by atoms with Crippen LogP contribution in [0.15, 0.2) is 31.0 Å². The number of carbonyl (C=O) groups is 4. The van der Waals surface area contributed by atoms with Crippen LogP contribution >= 0.6 is 11.6 Å². The lowest BCUT2D eigenvalue weighted by atomic mass is 9.82. The summed E-state index contributed by atoms with van der Waals surface area (Å²) in [4.78, 5) is 59.6. The van der Waals surface area contributed by atoms with Crippen LogP contribution in [-0.4, -0.2) is 76.7 Å². The maximum absolute atomic E-state index is 14.3. The van der Waals surface area contributed by atoms with Gasteiger partial charge < -0.3 is 29.7 Å². The first kappa shape index (κ1) is 35.1. The summed E-state index contributed by atoms with van der Waals surface area (Å²) in [6.45, 7) is 14.4. The lowest BCUT2D eigenvalue weighted by Crippen LogP contribution is -2.61. The van der Waals surface area contributed by atoms with Crippen molar-refractivity contribution in [3.63, 3.8) is 0 Å². The molecule has 2 aliphatic rings. The van der Waals surface area contributed by atoms with Crippen LogP contribution in [0.25, 0.3) is 0 Å². The molecule has 4 atom stereocenters. The van der Waals surface area contributed by atoms with Crippen LogP contribution in [0.3, 0.4) is 0 Å². The van der Waals surface area contributed by atoms with Crippen molar-refractivity contribution < 1.29 is 33.4 Å². The first-order valence-corrected chi connectivity index (χ1v) is 15.6. The van der Waals surface area contributed by atoms with Gasteiger partial charge in [-0.2, -0.15) is 0 Å². The Kier molecular flexibility index (Phi) is 12.1. The normalized spacial score (nSPS) is 20.7. The average molecular weight is 635 g/mol. The van der Waals surface area contributed by atoms with Gasteiger partial charge in [0.1, 0.15) is 36.4 Å². The predicted molar refractivity (Wildman–Crippen MR) is 166 cm³/mol. The Hall–Kier alpha value is -3.34. The highest BCUT2D eigenvalue weighted by Gasteiger charge is 2.47. The van der Waals surface area contributed by atoms with Crippen LogP contribution in [0.1, 0.15) is 80.1 Å². The molecule has 11 nitrogen and oxygen atoms in total. The fourth-order valence-corrected chi connectivity index (χ4v) is 5.65. The van der Waals surface area contributed by atoms with Gasteiger partial charge in [-0.1, -0.05) is 64.3 Å². The van der Waals surface area contributed by atoms with E-state index in [1.165, 1.54) is 17.2 Å². The molecular formula is C32H47ClN4O7. The predicted octanol–water partition coefficient (Wildman–Crippen LogP) is 4.82. The number of nitrogens with one attached hydrogen (secondary N) is 2. The van der Waals surface area contributed by atoms with Gasteiger partial charge in [-0.3, -0.25) is 9.59 Å². The van der Waals surface area contributed by atoms with E-state index in [-0.39, 0.29) is 25.5 Å². The maximum atomic E-state index is 14.3. The summed E-state index contributed by atoms with van der Waals surface area (Å²) < 4.78 is 16.8. The number of rotatable bonds is 10. The highest BCUT2D eigenvalue weighted by molar-refractivity contribution is 6.30. The van der Waals surface area contributed by atoms with E-state index in [1.54, 1.807) is 32.9 Å². The smallest absolute Gasteiger partial charge is 0.408 e. The van der Waals surface area contributed by atoms with Crippen LogP contribution in [0.4, 0.5) is 4.79 Å². The molecule has 12 heteroatoms. The average Bonchev–Trinajstić information content (AvgIpc) is 3.37. The van der Waals surface area contributed by atoms with Crippen molar-refractivity contribution in [1.82, 2.24) is 20.5 Å². The van der Waals surface area contributed by atoms with Crippen LogP contribution in [-0.2, 0) is 23.9 Å². The molecule has 2 heterocycles. The van der Waals surface area contributed by atoms with E-state index in [1.807, 2.05) is 20.8 Å². The number of hydrogen-bond donors (Lipinski definition) is 2. The Labute approximate surface area is 265 Å². The van der Waals surface area contributed by atoms with Gasteiger partial charge in [-0.15, -0.1) is 0 Å². The van der Waals surface area contributed by atoms with E-state index in [4.69, 9.17) is 25.8 Å². The second-order valence-electron chi connectivity index (χ2n) is 13.5. The molecule has 1 aliphatic carbocycles. The first-order valence-electron chi connectivity index (χ1n) is 15.2. The minimum Gasteiger partial charge on any atom is -0.472 e. The minimum atomic E-state index is -1.02. The van der Waals surface area contributed by atoms with Crippen molar-refractivity contribution in [1.29, 1.82) is 0 Å². The number of esters is 1. The quantitative estimate of drug-likeness (QED) is 0.276. The fraction of sp³-hybridized carbons (Fsp3) is 0.656. The van der Waals surface area contributed by atoms with E-state index in [0.29, 0.717) is 10.9 Å². The van der Waals surface area contributed by atoms with Crippen molar-refractivity contribution in [3.8, 4) is 5.88 Å². The Bertz CT molecular complexity index is 1170. The number of halogens is 1. The maximum Gasteiger partial charge on any atom is 0.408 e. The number of likely N-dealkylation sites (tertiary alicyclic amines) is 1. The molecule has 44 heavy (non-hydrogen) atoms. The van der Waals surface area contributed by atoms with Gasteiger partial charge in [-0.05, 0) is 51.0 Å². The summed E-state index contributed by atoms with van der Waals surface area (Å²) in [5.41, 5.74) is -1.49. The summed E-state index contributed by atoms with van der Waals surface area (Å²) in [7, 11) is 0. The third-order valence-electron chi connectivity index (χ3n) is 7.62. The summed E-state index contributed by atoms with van der Waals surface area (Å²) in [5.74, 6) is -1.33. The second kappa shape index (κ2) is 15.1. The minimum absolute atomic E-state index is 0.0134. The van der Waals surface area contributed by atoms with Crippen molar-refractivity contribution in [2.24, 2.45) is 11.3 Å². The topological polar surface area (TPSA) is 136 Å². The number of pyridine rings is 1. The third-order valence-corrected chi connectivity index (χ3v) is 7.85. The molecule has 1 aliphatic heterocycles. The monoisotopic (exact) mass is 634 g/mol. The molecule has 0 unspecified atom stereocenters.